The van der Waals surface area contributed by atoms with Gasteiger partial charge in [0.25, 0.3) is 0 Å². The molecular formula is C17H28N2O. The molecule has 20 heavy (non-hydrogen) atoms. The first-order chi connectivity index (χ1) is 9.46. The van der Waals surface area contributed by atoms with E-state index in [1.807, 2.05) is 12.4 Å². The molecule has 1 heterocycles. The van der Waals surface area contributed by atoms with Crippen LogP contribution < -0.4 is 0 Å². The van der Waals surface area contributed by atoms with E-state index in [9.17, 15) is 5.11 Å². The fourth-order valence-electron chi connectivity index (χ4n) is 3.27. The number of hydrogen-bond donors (Lipinski definition) is 1. The van der Waals surface area contributed by atoms with E-state index in [-0.39, 0.29) is 6.10 Å². The summed E-state index contributed by atoms with van der Waals surface area (Å²) in [4.78, 5) is 6.40. The van der Waals surface area contributed by atoms with Gasteiger partial charge in [-0.2, -0.15) is 0 Å². The van der Waals surface area contributed by atoms with Gasteiger partial charge in [-0.1, -0.05) is 13.8 Å². The lowest BCUT2D eigenvalue weighted by Crippen LogP contribution is -2.40. The Labute approximate surface area is 123 Å². The Bertz CT molecular complexity index is 405. The van der Waals surface area contributed by atoms with Gasteiger partial charge in [-0.3, -0.25) is 4.98 Å². The summed E-state index contributed by atoms with van der Waals surface area (Å²) in [6.45, 7) is 6.68. The molecule has 2 unspecified atom stereocenters. The van der Waals surface area contributed by atoms with Gasteiger partial charge in [0, 0.05) is 25.5 Å². The van der Waals surface area contributed by atoms with Crippen molar-refractivity contribution in [1.82, 2.24) is 9.88 Å². The molecule has 0 amide bonds. The lowest BCUT2D eigenvalue weighted by Gasteiger charge is -2.40. The number of hydrogen-bond acceptors (Lipinski definition) is 3. The smallest absolute Gasteiger partial charge is 0.0581 e. The monoisotopic (exact) mass is 276 g/mol. The van der Waals surface area contributed by atoms with Gasteiger partial charge in [-0.15, -0.1) is 0 Å². The number of likely N-dealkylation sites (N-methyl/N-ethyl adjacent to an activating group) is 1. The van der Waals surface area contributed by atoms with E-state index in [1.54, 1.807) is 0 Å². The summed E-state index contributed by atoms with van der Waals surface area (Å²) in [5, 5.41) is 10.2. The van der Waals surface area contributed by atoms with Crippen LogP contribution in [0.15, 0.2) is 24.5 Å². The average molecular weight is 276 g/mol. The molecule has 0 saturated heterocycles. The summed E-state index contributed by atoms with van der Waals surface area (Å²) in [5.74, 6) is 0.418. The first-order valence-electron chi connectivity index (χ1n) is 7.72. The molecule has 3 heteroatoms. The summed E-state index contributed by atoms with van der Waals surface area (Å²) < 4.78 is 0. The van der Waals surface area contributed by atoms with E-state index in [4.69, 9.17) is 0 Å². The lowest BCUT2D eigenvalue weighted by atomic mass is 9.71. The van der Waals surface area contributed by atoms with Gasteiger partial charge in [0.2, 0.25) is 0 Å². The zero-order chi connectivity index (χ0) is 14.6. The zero-order valence-electron chi connectivity index (χ0n) is 13.0. The summed E-state index contributed by atoms with van der Waals surface area (Å²) in [5.41, 5.74) is 1.71. The van der Waals surface area contributed by atoms with Gasteiger partial charge in [0.05, 0.1) is 6.10 Å². The second-order valence-corrected chi connectivity index (χ2v) is 7.10. The summed E-state index contributed by atoms with van der Waals surface area (Å²) in [6, 6.07) is 4.15. The molecule has 1 aromatic heterocycles. The minimum absolute atomic E-state index is 0.119. The SMILES string of the molecule is CN(CCc1ccncc1)CC1CC(C)(C)CCC1O. The molecular weight excluding hydrogens is 248 g/mol. The topological polar surface area (TPSA) is 36.4 Å². The number of aliphatic hydroxyl groups excluding tert-OH is 1. The second-order valence-electron chi connectivity index (χ2n) is 7.10. The highest BCUT2D eigenvalue weighted by molar-refractivity contribution is 5.09. The molecule has 1 aliphatic carbocycles. The normalized spacial score (nSPS) is 25.9. The van der Waals surface area contributed by atoms with Crippen molar-refractivity contribution in [2.24, 2.45) is 11.3 Å². The van der Waals surface area contributed by atoms with Crippen molar-refractivity contribution < 1.29 is 5.11 Å². The Morgan fingerprint density at radius 2 is 2.05 bits per heavy atom. The first-order valence-corrected chi connectivity index (χ1v) is 7.72. The molecule has 112 valence electrons. The second kappa shape index (κ2) is 6.68. The maximum atomic E-state index is 10.2. The van der Waals surface area contributed by atoms with Crippen LogP contribution in [0.25, 0.3) is 0 Å². The van der Waals surface area contributed by atoms with Crippen LogP contribution in [0.1, 0.15) is 38.7 Å². The number of nitrogens with zero attached hydrogens (tertiary/aromatic N) is 2. The third kappa shape index (κ3) is 4.57. The van der Waals surface area contributed by atoms with E-state index in [2.05, 4.69) is 42.9 Å². The van der Waals surface area contributed by atoms with Gasteiger partial charge < -0.3 is 10.0 Å². The summed E-state index contributed by atoms with van der Waals surface area (Å²) in [6.07, 6.45) is 7.86. The van der Waals surface area contributed by atoms with E-state index >= 15 is 0 Å². The molecule has 0 bridgehead atoms. The highest BCUT2D eigenvalue weighted by Gasteiger charge is 2.34. The quantitative estimate of drug-likeness (QED) is 0.898. The minimum Gasteiger partial charge on any atom is -0.393 e. The third-order valence-corrected chi connectivity index (χ3v) is 4.55. The highest BCUT2D eigenvalue weighted by atomic mass is 16.3. The van der Waals surface area contributed by atoms with Gasteiger partial charge in [-0.05, 0) is 61.8 Å². The van der Waals surface area contributed by atoms with Crippen LogP contribution in [0, 0.1) is 11.3 Å². The number of aromatic nitrogens is 1. The Balaban J connectivity index is 1.80. The van der Waals surface area contributed by atoms with Crippen LogP contribution in [0.3, 0.4) is 0 Å². The van der Waals surface area contributed by atoms with Crippen LogP contribution >= 0.6 is 0 Å². The van der Waals surface area contributed by atoms with Gasteiger partial charge in [0.1, 0.15) is 0 Å². The van der Waals surface area contributed by atoms with Crippen LogP contribution in [0.2, 0.25) is 0 Å². The standard InChI is InChI=1S/C17H28N2O/c1-17(2)8-4-16(20)15(12-17)13-19(3)11-7-14-5-9-18-10-6-14/h5-6,9-10,15-16,20H,4,7-8,11-13H2,1-3H3. The molecule has 1 aromatic rings. The molecule has 2 rings (SSSR count). The van der Waals surface area contributed by atoms with Crippen LogP contribution in [0.4, 0.5) is 0 Å². The van der Waals surface area contributed by atoms with Crippen molar-refractivity contribution in [2.45, 2.75) is 45.6 Å². The van der Waals surface area contributed by atoms with Crippen LogP contribution in [0.5, 0.6) is 0 Å². The molecule has 1 saturated carbocycles. The fourth-order valence-corrected chi connectivity index (χ4v) is 3.27. The number of aliphatic hydroxyl groups is 1. The van der Waals surface area contributed by atoms with Crippen LogP contribution in [-0.4, -0.2) is 41.2 Å². The Hall–Kier alpha value is -0.930. The predicted octanol–water partition coefficient (Wildman–Crippen LogP) is 2.74. The van der Waals surface area contributed by atoms with E-state index < -0.39 is 0 Å². The molecule has 2 atom stereocenters. The molecule has 1 aliphatic rings. The highest BCUT2D eigenvalue weighted by Crippen LogP contribution is 2.38. The third-order valence-electron chi connectivity index (χ3n) is 4.55. The average Bonchev–Trinajstić information content (AvgIpc) is 2.42. The molecule has 0 aliphatic heterocycles. The van der Waals surface area contributed by atoms with Crippen molar-refractivity contribution in [3.8, 4) is 0 Å². The van der Waals surface area contributed by atoms with Crippen molar-refractivity contribution >= 4 is 0 Å². The number of pyridine rings is 1. The minimum atomic E-state index is -0.119. The zero-order valence-corrected chi connectivity index (χ0v) is 13.0. The Morgan fingerprint density at radius 3 is 2.75 bits per heavy atom. The number of rotatable bonds is 5. The van der Waals surface area contributed by atoms with Gasteiger partial charge >= 0.3 is 0 Å². The van der Waals surface area contributed by atoms with Crippen molar-refractivity contribution in [3.63, 3.8) is 0 Å². The van der Waals surface area contributed by atoms with E-state index in [0.29, 0.717) is 11.3 Å². The Kier molecular flexibility index (Phi) is 5.17. The molecule has 1 fully saturated rings. The van der Waals surface area contributed by atoms with E-state index in [0.717, 1.165) is 38.8 Å². The van der Waals surface area contributed by atoms with Crippen molar-refractivity contribution in [1.29, 1.82) is 0 Å². The van der Waals surface area contributed by atoms with Crippen molar-refractivity contribution in [2.75, 3.05) is 20.1 Å². The summed E-state index contributed by atoms with van der Waals surface area (Å²) >= 11 is 0. The molecule has 3 nitrogen and oxygen atoms in total. The fraction of sp³-hybridized carbons (Fsp3) is 0.706. The summed E-state index contributed by atoms with van der Waals surface area (Å²) in [7, 11) is 2.16. The van der Waals surface area contributed by atoms with E-state index in [1.165, 1.54) is 5.56 Å². The van der Waals surface area contributed by atoms with Crippen LogP contribution in [-0.2, 0) is 6.42 Å². The lowest BCUT2D eigenvalue weighted by molar-refractivity contribution is 0.00784. The molecule has 0 spiro atoms. The van der Waals surface area contributed by atoms with Gasteiger partial charge in [0.15, 0.2) is 0 Å². The largest absolute Gasteiger partial charge is 0.393 e. The molecule has 0 radical (unpaired) electrons. The van der Waals surface area contributed by atoms with Gasteiger partial charge in [-0.25, -0.2) is 0 Å². The van der Waals surface area contributed by atoms with Crippen molar-refractivity contribution in [3.05, 3.63) is 30.1 Å². The molecule has 0 aromatic carbocycles. The maximum absolute atomic E-state index is 10.2. The maximum Gasteiger partial charge on any atom is 0.0581 e. The Morgan fingerprint density at radius 1 is 1.35 bits per heavy atom. The predicted molar refractivity (Wildman–Crippen MR) is 82.6 cm³/mol. The molecule has 1 N–H and O–H groups in total. The first kappa shape index (κ1) is 15.5.